The number of hydrogen-bond donors (Lipinski definition) is 0. The van der Waals surface area contributed by atoms with E-state index in [4.69, 9.17) is 14.0 Å². The van der Waals surface area contributed by atoms with Crippen LogP contribution in [0.4, 0.5) is 0 Å². The van der Waals surface area contributed by atoms with Crippen LogP contribution in [-0.2, 0) is 4.79 Å². The van der Waals surface area contributed by atoms with Crippen LogP contribution in [0.15, 0.2) is 53.1 Å². The lowest BCUT2D eigenvalue weighted by Gasteiger charge is -2.20. The van der Waals surface area contributed by atoms with Crippen LogP contribution >= 0.6 is 0 Å². The Kier molecular flexibility index (Phi) is 6.27. The first-order chi connectivity index (χ1) is 14.8. The predicted molar refractivity (Wildman–Crippen MR) is 112 cm³/mol. The van der Waals surface area contributed by atoms with Crippen molar-refractivity contribution in [2.24, 2.45) is 0 Å². The van der Waals surface area contributed by atoms with Gasteiger partial charge in [-0.3, -0.25) is 4.79 Å². The molecule has 2 heterocycles. The second kappa shape index (κ2) is 9.43. The summed E-state index contributed by atoms with van der Waals surface area (Å²) in [6.45, 7) is 1.60. The molecule has 30 heavy (non-hydrogen) atoms. The van der Waals surface area contributed by atoms with Gasteiger partial charge in [0.25, 0.3) is 11.8 Å². The minimum Gasteiger partial charge on any atom is -0.496 e. The summed E-state index contributed by atoms with van der Waals surface area (Å²) in [5, 5.41) is 4.11. The molecule has 0 aliphatic carbocycles. The van der Waals surface area contributed by atoms with Crippen molar-refractivity contribution < 1.29 is 18.8 Å². The second-order valence-electron chi connectivity index (χ2n) is 7.20. The number of aromatic nitrogens is 2. The fraction of sp³-hybridized carbons (Fsp3) is 0.348. The average molecular weight is 407 g/mol. The maximum Gasteiger partial charge on any atom is 0.262 e. The van der Waals surface area contributed by atoms with E-state index in [0.717, 1.165) is 25.9 Å². The van der Waals surface area contributed by atoms with Crippen molar-refractivity contribution in [2.45, 2.75) is 25.7 Å². The van der Waals surface area contributed by atoms with Crippen LogP contribution in [0.25, 0.3) is 22.8 Å². The van der Waals surface area contributed by atoms with Crippen LogP contribution in [0.2, 0.25) is 0 Å². The van der Waals surface area contributed by atoms with Gasteiger partial charge in [-0.1, -0.05) is 42.3 Å². The molecular formula is C23H25N3O4. The van der Waals surface area contributed by atoms with E-state index in [0.29, 0.717) is 34.3 Å². The largest absolute Gasteiger partial charge is 0.496 e. The van der Waals surface area contributed by atoms with Crippen molar-refractivity contribution in [1.29, 1.82) is 0 Å². The highest BCUT2D eigenvalue weighted by atomic mass is 16.5. The molecule has 4 rings (SSSR count). The van der Waals surface area contributed by atoms with E-state index in [-0.39, 0.29) is 12.5 Å². The Balaban J connectivity index is 1.51. The van der Waals surface area contributed by atoms with Crippen molar-refractivity contribution in [2.75, 3.05) is 26.8 Å². The zero-order valence-electron chi connectivity index (χ0n) is 17.0. The quantitative estimate of drug-likeness (QED) is 0.610. The van der Waals surface area contributed by atoms with Gasteiger partial charge in [0.15, 0.2) is 6.61 Å². The summed E-state index contributed by atoms with van der Waals surface area (Å²) in [5.74, 6) is 1.97. The van der Waals surface area contributed by atoms with Crippen molar-refractivity contribution in [1.82, 2.24) is 15.0 Å². The standard InChI is InChI=1S/C23H25N3O4/c1-28-19-12-6-5-11-18(19)23-24-22(25-30-23)17-10-4-7-13-20(17)29-16-21(27)26-14-8-2-3-9-15-26/h4-7,10-13H,2-3,8-9,14-16H2,1H3. The summed E-state index contributed by atoms with van der Waals surface area (Å²) in [5.41, 5.74) is 1.39. The van der Waals surface area contributed by atoms with Crippen molar-refractivity contribution in [3.8, 4) is 34.3 Å². The van der Waals surface area contributed by atoms with E-state index in [2.05, 4.69) is 10.1 Å². The van der Waals surface area contributed by atoms with E-state index in [1.165, 1.54) is 12.8 Å². The van der Waals surface area contributed by atoms with Gasteiger partial charge in [-0.25, -0.2) is 0 Å². The Morgan fingerprint density at radius 1 is 0.967 bits per heavy atom. The zero-order chi connectivity index (χ0) is 20.8. The van der Waals surface area contributed by atoms with Crippen LogP contribution in [0.1, 0.15) is 25.7 Å². The summed E-state index contributed by atoms with van der Waals surface area (Å²) < 4.78 is 16.7. The molecular weight excluding hydrogens is 382 g/mol. The lowest BCUT2D eigenvalue weighted by molar-refractivity contribution is -0.133. The smallest absolute Gasteiger partial charge is 0.262 e. The molecule has 0 N–H and O–H groups in total. The number of para-hydroxylation sites is 2. The molecule has 0 bridgehead atoms. The summed E-state index contributed by atoms with van der Waals surface area (Å²) in [4.78, 5) is 19.0. The molecule has 1 amide bonds. The second-order valence-corrected chi connectivity index (χ2v) is 7.20. The monoisotopic (exact) mass is 407 g/mol. The van der Waals surface area contributed by atoms with E-state index in [1.807, 2.05) is 53.4 Å². The lowest BCUT2D eigenvalue weighted by Crippen LogP contribution is -2.35. The first-order valence-corrected chi connectivity index (χ1v) is 10.2. The van der Waals surface area contributed by atoms with Crippen molar-refractivity contribution in [3.05, 3.63) is 48.5 Å². The van der Waals surface area contributed by atoms with Crippen molar-refractivity contribution in [3.63, 3.8) is 0 Å². The van der Waals surface area contributed by atoms with E-state index in [1.54, 1.807) is 7.11 Å². The molecule has 7 nitrogen and oxygen atoms in total. The van der Waals surface area contributed by atoms with Crippen LogP contribution in [0.5, 0.6) is 11.5 Å². The molecule has 1 aliphatic rings. The fourth-order valence-electron chi connectivity index (χ4n) is 3.59. The Labute approximate surface area is 175 Å². The normalized spacial score (nSPS) is 14.2. The first-order valence-electron chi connectivity index (χ1n) is 10.2. The number of likely N-dealkylation sites (tertiary alicyclic amines) is 1. The molecule has 0 unspecified atom stereocenters. The molecule has 1 fully saturated rings. The number of carbonyl (C=O) groups is 1. The van der Waals surface area contributed by atoms with Crippen LogP contribution in [0.3, 0.4) is 0 Å². The molecule has 0 atom stereocenters. The summed E-state index contributed by atoms with van der Waals surface area (Å²) in [6.07, 6.45) is 4.47. The summed E-state index contributed by atoms with van der Waals surface area (Å²) in [7, 11) is 1.60. The topological polar surface area (TPSA) is 77.7 Å². The summed E-state index contributed by atoms with van der Waals surface area (Å²) in [6, 6.07) is 14.8. The minimum absolute atomic E-state index is 0.00572. The van der Waals surface area contributed by atoms with Gasteiger partial charge in [0.2, 0.25) is 5.82 Å². The van der Waals surface area contributed by atoms with E-state index >= 15 is 0 Å². The predicted octanol–water partition coefficient (Wildman–Crippen LogP) is 4.19. The number of carbonyl (C=O) groups excluding carboxylic acids is 1. The third-order valence-electron chi connectivity index (χ3n) is 5.20. The van der Waals surface area contributed by atoms with E-state index < -0.39 is 0 Å². The molecule has 1 aromatic heterocycles. The van der Waals surface area contributed by atoms with Gasteiger partial charge < -0.3 is 18.9 Å². The van der Waals surface area contributed by atoms with Gasteiger partial charge in [-0.15, -0.1) is 0 Å². The zero-order valence-corrected chi connectivity index (χ0v) is 17.0. The van der Waals surface area contributed by atoms with Gasteiger partial charge in [-0.2, -0.15) is 4.98 Å². The molecule has 0 radical (unpaired) electrons. The molecule has 1 aliphatic heterocycles. The maximum atomic E-state index is 12.6. The fourth-order valence-corrected chi connectivity index (χ4v) is 3.59. The highest BCUT2D eigenvalue weighted by Crippen LogP contribution is 2.32. The number of nitrogens with zero attached hydrogens (tertiary/aromatic N) is 3. The SMILES string of the molecule is COc1ccccc1-c1nc(-c2ccccc2OCC(=O)N2CCCCCC2)no1. The Morgan fingerprint density at radius 3 is 2.37 bits per heavy atom. The Hall–Kier alpha value is -3.35. The third-order valence-corrected chi connectivity index (χ3v) is 5.20. The highest BCUT2D eigenvalue weighted by molar-refractivity contribution is 5.78. The third kappa shape index (κ3) is 4.45. The van der Waals surface area contributed by atoms with E-state index in [9.17, 15) is 4.79 Å². The first kappa shape index (κ1) is 19.9. The molecule has 156 valence electrons. The number of hydrogen-bond acceptors (Lipinski definition) is 6. The van der Waals surface area contributed by atoms with Gasteiger partial charge in [0.1, 0.15) is 11.5 Å². The molecule has 7 heteroatoms. The van der Waals surface area contributed by atoms with Gasteiger partial charge >= 0.3 is 0 Å². The number of amides is 1. The molecule has 1 saturated heterocycles. The molecule has 0 saturated carbocycles. The molecule has 3 aromatic rings. The summed E-state index contributed by atoms with van der Waals surface area (Å²) >= 11 is 0. The number of benzene rings is 2. The van der Waals surface area contributed by atoms with Crippen LogP contribution in [-0.4, -0.2) is 47.8 Å². The van der Waals surface area contributed by atoms with Gasteiger partial charge in [-0.05, 0) is 37.1 Å². The number of ether oxygens (including phenoxy) is 2. The average Bonchev–Trinajstić information content (AvgIpc) is 3.12. The highest BCUT2D eigenvalue weighted by Gasteiger charge is 2.19. The minimum atomic E-state index is -0.00572. The maximum absolute atomic E-state index is 12.6. The van der Waals surface area contributed by atoms with Gasteiger partial charge in [0.05, 0.1) is 18.2 Å². The number of rotatable bonds is 6. The Bertz CT molecular complexity index is 993. The number of methoxy groups -OCH3 is 1. The lowest BCUT2D eigenvalue weighted by atomic mass is 10.2. The molecule has 2 aromatic carbocycles. The van der Waals surface area contributed by atoms with Crippen LogP contribution < -0.4 is 9.47 Å². The van der Waals surface area contributed by atoms with Crippen molar-refractivity contribution >= 4 is 5.91 Å². The Morgan fingerprint density at radius 2 is 1.63 bits per heavy atom. The van der Waals surface area contributed by atoms with Crippen LogP contribution in [0, 0.1) is 0 Å². The molecule has 0 spiro atoms. The van der Waals surface area contributed by atoms with Gasteiger partial charge in [0, 0.05) is 13.1 Å².